The van der Waals surface area contributed by atoms with Crippen molar-refractivity contribution >= 4 is 37.7 Å². The highest BCUT2D eigenvalue weighted by atomic mass is 19.2. The van der Waals surface area contributed by atoms with Crippen molar-refractivity contribution in [3.05, 3.63) is 88.8 Å². The van der Waals surface area contributed by atoms with Crippen LogP contribution in [0.4, 0.5) is 39.5 Å². The number of rotatable bonds is 3. The first-order valence-electron chi connectivity index (χ1n) is 8.95. The van der Waals surface area contributed by atoms with Gasteiger partial charge in [-0.2, -0.15) is 0 Å². The Kier molecular flexibility index (Phi) is 6.21. The minimum atomic E-state index is -2.29. The first kappa shape index (κ1) is 23.3. The second kappa shape index (κ2) is 8.80. The zero-order valence-corrected chi connectivity index (χ0v) is 15.8. The first-order chi connectivity index (χ1) is 15.5. The van der Waals surface area contributed by atoms with Crippen LogP contribution in [0.5, 0.6) is 0 Å². The van der Waals surface area contributed by atoms with Gasteiger partial charge in [0.25, 0.3) is 0 Å². The Bertz CT molecular complexity index is 1020. The third kappa shape index (κ3) is 4.48. The van der Waals surface area contributed by atoms with Gasteiger partial charge in [-0.05, 0) is 0 Å². The van der Waals surface area contributed by atoms with Crippen molar-refractivity contribution in [1.29, 1.82) is 0 Å². The minimum absolute atomic E-state index is 0.225. The molecule has 1 heterocycles. The van der Waals surface area contributed by atoms with E-state index in [0.717, 1.165) is 0 Å². The van der Waals surface area contributed by atoms with Crippen molar-refractivity contribution in [2.45, 2.75) is 0 Å². The Labute approximate surface area is 180 Å². The van der Waals surface area contributed by atoms with Crippen molar-refractivity contribution in [3.63, 3.8) is 0 Å². The molecule has 15 heteroatoms. The Balaban J connectivity index is 1.85. The lowest BCUT2D eigenvalue weighted by Gasteiger charge is -2.32. The standard InChI is InChI=1S/C18H6B3F9O3/c22-7-1-10(25)16(11(26)2-7)19-31-20(17-12(27)3-8(23)4-13(17)28)33-21(32-19)18-14(29)5-9(24)6-15(18)30/h1-6H. The normalized spacial score (nSPS) is 14.3. The van der Waals surface area contributed by atoms with Gasteiger partial charge in [-0.25, -0.2) is 39.5 Å². The molecule has 3 aromatic carbocycles. The van der Waals surface area contributed by atoms with E-state index in [4.69, 9.17) is 13.7 Å². The van der Waals surface area contributed by atoms with Crippen LogP contribution >= 0.6 is 0 Å². The van der Waals surface area contributed by atoms with Crippen molar-refractivity contribution in [3.8, 4) is 0 Å². The van der Waals surface area contributed by atoms with E-state index in [1.807, 2.05) is 0 Å². The summed E-state index contributed by atoms with van der Waals surface area (Å²) in [5, 5.41) is 0. The predicted molar refractivity (Wildman–Crippen MR) is 98.4 cm³/mol. The van der Waals surface area contributed by atoms with Crippen LogP contribution < -0.4 is 16.4 Å². The summed E-state index contributed by atoms with van der Waals surface area (Å²) >= 11 is 0. The summed E-state index contributed by atoms with van der Waals surface area (Å²) in [5.41, 5.74) is -3.37. The molecule has 0 atom stereocenters. The van der Waals surface area contributed by atoms with Crippen molar-refractivity contribution < 1.29 is 53.2 Å². The van der Waals surface area contributed by atoms with Crippen LogP contribution in [0.25, 0.3) is 0 Å². The van der Waals surface area contributed by atoms with Crippen LogP contribution in [-0.4, -0.2) is 21.4 Å². The zero-order chi connectivity index (χ0) is 24.0. The molecular weight excluding hydrogens is 468 g/mol. The van der Waals surface area contributed by atoms with E-state index in [-0.39, 0.29) is 36.4 Å². The third-order valence-corrected chi connectivity index (χ3v) is 4.58. The van der Waals surface area contributed by atoms with Crippen LogP contribution in [0.3, 0.4) is 0 Å². The van der Waals surface area contributed by atoms with Crippen LogP contribution in [-0.2, 0) is 13.7 Å². The molecule has 0 aromatic heterocycles. The summed E-state index contributed by atoms with van der Waals surface area (Å²) in [6, 6.07) is 1.35. The van der Waals surface area contributed by atoms with Gasteiger partial charge in [-0.1, -0.05) is 0 Å². The average Bonchev–Trinajstić information content (AvgIpc) is 2.65. The lowest BCUT2D eigenvalue weighted by atomic mass is 9.61. The monoisotopic (exact) mass is 474 g/mol. The maximum absolute atomic E-state index is 14.3. The van der Waals surface area contributed by atoms with Crippen LogP contribution in [0.1, 0.15) is 0 Å². The van der Waals surface area contributed by atoms with E-state index < -0.39 is 90.1 Å². The Hall–Kier alpha value is -2.90. The highest BCUT2D eigenvalue weighted by molar-refractivity contribution is 6.87. The third-order valence-electron chi connectivity index (χ3n) is 4.58. The molecule has 3 nitrogen and oxygen atoms in total. The molecule has 0 bridgehead atoms. The van der Waals surface area contributed by atoms with Gasteiger partial charge in [-0.15, -0.1) is 0 Å². The van der Waals surface area contributed by atoms with E-state index in [0.29, 0.717) is 0 Å². The fourth-order valence-corrected chi connectivity index (χ4v) is 3.18. The van der Waals surface area contributed by atoms with Crippen LogP contribution in [0, 0.1) is 52.4 Å². The second-order valence-corrected chi connectivity index (χ2v) is 6.75. The Morgan fingerprint density at radius 2 is 0.545 bits per heavy atom. The van der Waals surface area contributed by atoms with Gasteiger partial charge in [0, 0.05) is 36.4 Å². The molecule has 0 saturated carbocycles. The van der Waals surface area contributed by atoms with Crippen LogP contribution in [0.15, 0.2) is 36.4 Å². The number of benzene rings is 3. The summed E-state index contributed by atoms with van der Waals surface area (Å²) in [6.07, 6.45) is 0. The van der Waals surface area contributed by atoms with E-state index in [2.05, 4.69) is 0 Å². The molecule has 1 saturated heterocycles. The summed E-state index contributed by atoms with van der Waals surface area (Å²) < 4.78 is 141. The Morgan fingerprint density at radius 3 is 0.727 bits per heavy atom. The number of hydrogen-bond acceptors (Lipinski definition) is 3. The molecule has 1 fully saturated rings. The molecule has 3 aromatic rings. The summed E-state index contributed by atoms with van der Waals surface area (Å²) in [4.78, 5) is 0. The van der Waals surface area contributed by atoms with E-state index in [9.17, 15) is 39.5 Å². The zero-order valence-electron chi connectivity index (χ0n) is 15.8. The molecule has 1 aliphatic rings. The largest absolute Gasteiger partial charge is 0.473 e. The topological polar surface area (TPSA) is 27.7 Å². The van der Waals surface area contributed by atoms with E-state index in [1.54, 1.807) is 0 Å². The van der Waals surface area contributed by atoms with Gasteiger partial charge in [0.2, 0.25) is 0 Å². The predicted octanol–water partition coefficient (Wildman–Crippen LogP) is 2.49. The molecule has 0 N–H and O–H groups in total. The van der Waals surface area contributed by atoms with Gasteiger partial charge in [0.15, 0.2) is 0 Å². The number of hydrogen-bond donors (Lipinski definition) is 0. The SMILES string of the molecule is Fc1cc(F)c(B2OB(c3c(F)cc(F)cc3F)OB(c3c(F)cc(F)cc3F)O2)c(F)c1. The fraction of sp³-hybridized carbons (Fsp3) is 0. The smallest absolute Gasteiger partial charge is 0.444 e. The number of halogens is 9. The molecule has 0 spiro atoms. The molecule has 4 rings (SSSR count). The maximum atomic E-state index is 14.3. The van der Waals surface area contributed by atoms with Gasteiger partial charge >= 0.3 is 21.4 Å². The molecule has 0 unspecified atom stereocenters. The maximum Gasteiger partial charge on any atom is 0.473 e. The average molecular weight is 474 g/mol. The summed E-state index contributed by atoms with van der Waals surface area (Å²) in [5.74, 6) is -13.4. The van der Waals surface area contributed by atoms with Crippen LogP contribution in [0.2, 0.25) is 0 Å². The lowest BCUT2D eigenvalue weighted by Crippen LogP contribution is -2.64. The lowest BCUT2D eigenvalue weighted by molar-refractivity contribution is 0.302. The highest BCUT2D eigenvalue weighted by Gasteiger charge is 2.49. The molecule has 0 amide bonds. The quantitative estimate of drug-likeness (QED) is 0.432. The second-order valence-electron chi connectivity index (χ2n) is 6.75. The summed E-state index contributed by atoms with van der Waals surface area (Å²) in [6.45, 7) is 0. The molecular formula is C18H6B3F9O3. The van der Waals surface area contributed by atoms with Crippen molar-refractivity contribution in [1.82, 2.24) is 0 Å². The van der Waals surface area contributed by atoms with E-state index in [1.165, 1.54) is 0 Å². The van der Waals surface area contributed by atoms with Crippen molar-refractivity contribution in [2.75, 3.05) is 0 Å². The highest BCUT2D eigenvalue weighted by Crippen LogP contribution is 2.18. The van der Waals surface area contributed by atoms with Gasteiger partial charge in [0.05, 0.1) is 16.4 Å². The molecule has 0 radical (unpaired) electrons. The molecule has 33 heavy (non-hydrogen) atoms. The summed E-state index contributed by atoms with van der Waals surface area (Å²) in [7, 11) is -6.87. The van der Waals surface area contributed by atoms with Crippen molar-refractivity contribution in [2.24, 2.45) is 0 Å². The van der Waals surface area contributed by atoms with E-state index >= 15 is 0 Å². The first-order valence-corrected chi connectivity index (χ1v) is 8.95. The van der Waals surface area contributed by atoms with Gasteiger partial charge < -0.3 is 13.7 Å². The fourth-order valence-electron chi connectivity index (χ4n) is 3.18. The molecule has 0 aliphatic carbocycles. The van der Waals surface area contributed by atoms with Gasteiger partial charge in [-0.3, -0.25) is 0 Å². The Morgan fingerprint density at radius 1 is 0.364 bits per heavy atom. The molecule has 168 valence electrons. The minimum Gasteiger partial charge on any atom is -0.444 e. The molecule has 1 aliphatic heterocycles. The van der Waals surface area contributed by atoms with Gasteiger partial charge in [0.1, 0.15) is 52.4 Å².